The molecule has 0 N–H and O–H groups in total. The van der Waals surface area contributed by atoms with Crippen LogP contribution in [0.1, 0.15) is 45.4 Å². The lowest BCUT2D eigenvalue weighted by Crippen LogP contribution is -2.12. The van der Waals surface area contributed by atoms with Gasteiger partial charge in [0.2, 0.25) is 0 Å². The van der Waals surface area contributed by atoms with E-state index in [1.165, 1.54) is 12.8 Å². The van der Waals surface area contributed by atoms with Crippen LogP contribution in [0.25, 0.3) is 0 Å². The summed E-state index contributed by atoms with van der Waals surface area (Å²) in [6.07, 6.45) is 5.86. The number of hydrogen-bond donors (Lipinski definition) is 0. The molecule has 1 aliphatic rings. The smallest absolute Gasteiger partial charge is 0.298 e. The van der Waals surface area contributed by atoms with Crippen LogP contribution in [0.15, 0.2) is 0 Å². The van der Waals surface area contributed by atoms with Gasteiger partial charge in [-0.25, -0.2) is 4.79 Å². The van der Waals surface area contributed by atoms with E-state index >= 15 is 0 Å². The van der Waals surface area contributed by atoms with Crippen molar-refractivity contribution >= 4 is 5.97 Å². The normalized spacial score (nSPS) is 18.1. The molecule has 1 aliphatic carbocycles. The average Bonchev–Trinajstić information content (AvgIpc) is 2.53. The molecule has 0 aliphatic heterocycles. The van der Waals surface area contributed by atoms with E-state index in [0.29, 0.717) is 6.42 Å². The molecule has 1 fully saturated rings. The lowest BCUT2D eigenvalue weighted by atomic mass is 10.3. The molecule has 0 radical (unpaired) electrons. The maximum atomic E-state index is 10.9. The first-order valence-corrected chi connectivity index (χ1v) is 4.69. The van der Waals surface area contributed by atoms with Gasteiger partial charge in [-0.05, 0) is 19.3 Å². The summed E-state index contributed by atoms with van der Waals surface area (Å²) in [5.74, 6) is -0.246. The third-order valence-corrected chi connectivity index (χ3v) is 2.03. The van der Waals surface area contributed by atoms with Crippen LogP contribution >= 0.6 is 0 Å². The fourth-order valence-corrected chi connectivity index (χ4v) is 1.35. The topological polar surface area (TPSA) is 35.5 Å². The summed E-state index contributed by atoms with van der Waals surface area (Å²) in [6, 6.07) is 0. The molecule has 0 aromatic heterocycles. The van der Waals surface area contributed by atoms with Gasteiger partial charge in [-0.2, -0.15) is 4.89 Å². The molecule has 0 bridgehead atoms. The third kappa shape index (κ3) is 3.22. The van der Waals surface area contributed by atoms with Crippen molar-refractivity contribution in [2.24, 2.45) is 0 Å². The number of carbonyl (C=O) groups is 1. The predicted molar refractivity (Wildman–Crippen MR) is 44.3 cm³/mol. The first-order valence-electron chi connectivity index (χ1n) is 4.69. The first kappa shape index (κ1) is 9.52. The summed E-state index contributed by atoms with van der Waals surface area (Å²) in [5, 5.41) is 0. The van der Waals surface area contributed by atoms with E-state index in [1.54, 1.807) is 0 Å². The summed E-state index contributed by atoms with van der Waals surface area (Å²) < 4.78 is 0. The van der Waals surface area contributed by atoms with Crippen LogP contribution in [0.2, 0.25) is 0 Å². The highest BCUT2D eigenvalue weighted by molar-refractivity contribution is 5.68. The van der Waals surface area contributed by atoms with E-state index in [9.17, 15) is 4.79 Å². The Bertz CT molecular complexity index is 139. The highest BCUT2D eigenvalue weighted by Gasteiger charge is 2.17. The van der Waals surface area contributed by atoms with Gasteiger partial charge in [0.25, 0.3) is 0 Å². The van der Waals surface area contributed by atoms with Crippen LogP contribution in [0.3, 0.4) is 0 Å². The molecule has 0 aromatic carbocycles. The molecule has 0 spiro atoms. The fraction of sp³-hybridized carbons (Fsp3) is 0.889. The number of rotatable bonds is 4. The summed E-state index contributed by atoms with van der Waals surface area (Å²) in [5.41, 5.74) is 0. The van der Waals surface area contributed by atoms with Crippen LogP contribution in [0.5, 0.6) is 0 Å². The summed E-state index contributed by atoms with van der Waals surface area (Å²) >= 11 is 0. The number of hydrogen-bond acceptors (Lipinski definition) is 3. The monoisotopic (exact) mass is 172 g/mol. The van der Waals surface area contributed by atoms with Gasteiger partial charge < -0.3 is 0 Å². The molecule has 3 nitrogen and oxygen atoms in total. The van der Waals surface area contributed by atoms with Crippen molar-refractivity contribution in [1.82, 2.24) is 0 Å². The van der Waals surface area contributed by atoms with Crippen LogP contribution in [-0.2, 0) is 14.6 Å². The molecule has 3 heteroatoms. The van der Waals surface area contributed by atoms with Gasteiger partial charge in [0, 0.05) is 6.42 Å². The Hall–Kier alpha value is -0.570. The first-order chi connectivity index (χ1) is 5.83. The molecule has 12 heavy (non-hydrogen) atoms. The van der Waals surface area contributed by atoms with Crippen molar-refractivity contribution < 1.29 is 14.6 Å². The standard InChI is InChI=1S/C9H16O3/c1-2-5-9(10)12-11-8-6-3-4-7-8/h8H,2-7H2,1H3. The average molecular weight is 172 g/mol. The maximum Gasteiger partial charge on any atom is 0.342 e. The Balaban J connectivity index is 2.03. The summed E-state index contributed by atoms with van der Waals surface area (Å²) in [7, 11) is 0. The van der Waals surface area contributed by atoms with Crippen LogP contribution < -0.4 is 0 Å². The molecule has 0 heterocycles. The van der Waals surface area contributed by atoms with Crippen molar-refractivity contribution in [1.29, 1.82) is 0 Å². The largest absolute Gasteiger partial charge is 0.342 e. The maximum absolute atomic E-state index is 10.9. The van der Waals surface area contributed by atoms with Crippen LogP contribution in [-0.4, -0.2) is 12.1 Å². The zero-order chi connectivity index (χ0) is 8.81. The van der Waals surface area contributed by atoms with Gasteiger partial charge in [0.1, 0.15) is 6.10 Å². The lowest BCUT2D eigenvalue weighted by Gasteiger charge is -2.07. The second kappa shape index (κ2) is 5.14. The molecular formula is C9H16O3. The minimum atomic E-state index is -0.246. The van der Waals surface area contributed by atoms with Gasteiger partial charge in [0.05, 0.1) is 0 Å². The Morgan fingerprint density at radius 1 is 1.42 bits per heavy atom. The van der Waals surface area contributed by atoms with E-state index in [2.05, 4.69) is 4.89 Å². The molecule has 0 saturated heterocycles. The van der Waals surface area contributed by atoms with E-state index in [1.807, 2.05) is 6.92 Å². The minimum absolute atomic E-state index is 0.158. The van der Waals surface area contributed by atoms with Crippen LogP contribution in [0, 0.1) is 0 Å². The highest BCUT2D eigenvalue weighted by Crippen LogP contribution is 2.21. The zero-order valence-electron chi connectivity index (χ0n) is 7.54. The summed E-state index contributed by atoms with van der Waals surface area (Å²) in [6.45, 7) is 1.94. The second-order valence-electron chi connectivity index (χ2n) is 3.21. The summed E-state index contributed by atoms with van der Waals surface area (Å²) in [4.78, 5) is 20.4. The SMILES string of the molecule is CCCC(=O)OOC1CCCC1. The Morgan fingerprint density at radius 3 is 2.67 bits per heavy atom. The predicted octanol–water partition coefficient (Wildman–Crippen LogP) is 2.20. The molecule has 1 rings (SSSR count). The van der Waals surface area contributed by atoms with Crippen molar-refractivity contribution in [3.05, 3.63) is 0 Å². The van der Waals surface area contributed by atoms with Gasteiger partial charge in [-0.3, -0.25) is 4.89 Å². The molecule has 0 aromatic rings. The van der Waals surface area contributed by atoms with E-state index in [-0.39, 0.29) is 12.1 Å². The molecule has 0 amide bonds. The van der Waals surface area contributed by atoms with Gasteiger partial charge in [-0.15, -0.1) is 0 Å². The molecule has 1 saturated carbocycles. The second-order valence-corrected chi connectivity index (χ2v) is 3.21. The minimum Gasteiger partial charge on any atom is -0.298 e. The van der Waals surface area contributed by atoms with Crippen LogP contribution in [0.4, 0.5) is 0 Å². The van der Waals surface area contributed by atoms with Crippen molar-refractivity contribution in [3.63, 3.8) is 0 Å². The van der Waals surface area contributed by atoms with E-state index < -0.39 is 0 Å². The third-order valence-electron chi connectivity index (χ3n) is 2.03. The number of carbonyl (C=O) groups excluding carboxylic acids is 1. The Kier molecular flexibility index (Phi) is 4.08. The Labute approximate surface area is 73.0 Å². The van der Waals surface area contributed by atoms with Gasteiger partial charge >= 0.3 is 5.97 Å². The zero-order valence-corrected chi connectivity index (χ0v) is 7.54. The van der Waals surface area contributed by atoms with E-state index in [0.717, 1.165) is 19.3 Å². The van der Waals surface area contributed by atoms with Crippen molar-refractivity contribution in [3.8, 4) is 0 Å². The molecule has 0 atom stereocenters. The van der Waals surface area contributed by atoms with Crippen molar-refractivity contribution in [2.75, 3.05) is 0 Å². The Morgan fingerprint density at radius 2 is 2.08 bits per heavy atom. The fourth-order valence-electron chi connectivity index (χ4n) is 1.35. The highest BCUT2D eigenvalue weighted by atomic mass is 17.2. The quantitative estimate of drug-likeness (QED) is 0.481. The van der Waals surface area contributed by atoms with Gasteiger partial charge in [0.15, 0.2) is 0 Å². The molecule has 70 valence electrons. The molecular weight excluding hydrogens is 156 g/mol. The lowest BCUT2D eigenvalue weighted by molar-refractivity contribution is -0.296. The molecule has 0 unspecified atom stereocenters. The van der Waals surface area contributed by atoms with Gasteiger partial charge in [-0.1, -0.05) is 19.8 Å². The van der Waals surface area contributed by atoms with Crippen molar-refractivity contribution in [2.45, 2.75) is 51.6 Å². The van der Waals surface area contributed by atoms with E-state index in [4.69, 9.17) is 4.89 Å².